The van der Waals surface area contributed by atoms with Crippen LogP contribution in [0.15, 0.2) is 36.4 Å². The lowest BCUT2D eigenvalue weighted by Gasteiger charge is -2.10. The van der Waals surface area contributed by atoms with Crippen LogP contribution in [-0.4, -0.2) is 11.1 Å². The fraction of sp³-hybridized carbons (Fsp3) is 0. The van der Waals surface area contributed by atoms with Gasteiger partial charge in [0.05, 0.1) is 5.02 Å². The maximum atomic E-state index is 11.2. The minimum absolute atomic E-state index is 0.0840. The van der Waals surface area contributed by atoms with Gasteiger partial charge in [0.15, 0.2) is 0 Å². The van der Waals surface area contributed by atoms with Crippen molar-refractivity contribution in [3.05, 3.63) is 57.6 Å². The van der Waals surface area contributed by atoms with Crippen LogP contribution in [0.1, 0.15) is 15.9 Å². The highest BCUT2D eigenvalue weighted by Gasteiger charge is 2.15. The van der Waals surface area contributed by atoms with Gasteiger partial charge < -0.3 is 9.84 Å². The lowest BCUT2D eigenvalue weighted by atomic mass is 10.2. The van der Waals surface area contributed by atoms with Gasteiger partial charge in [0.25, 0.3) is 0 Å². The summed E-state index contributed by atoms with van der Waals surface area (Å²) in [5.41, 5.74) is 0.0434. The van der Waals surface area contributed by atoms with Gasteiger partial charge in [0.1, 0.15) is 28.7 Å². The van der Waals surface area contributed by atoms with Crippen LogP contribution in [0.2, 0.25) is 10.0 Å². The summed E-state index contributed by atoms with van der Waals surface area (Å²) in [5, 5.41) is 18.7. The zero-order chi connectivity index (χ0) is 14.7. The van der Waals surface area contributed by atoms with Gasteiger partial charge in [-0.1, -0.05) is 29.3 Å². The summed E-state index contributed by atoms with van der Waals surface area (Å²) < 4.78 is 5.48. The highest BCUT2D eigenvalue weighted by Crippen LogP contribution is 2.32. The first-order valence-corrected chi connectivity index (χ1v) is 6.18. The van der Waals surface area contributed by atoms with Crippen LogP contribution < -0.4 is 4.74 Å². The van der Waals surface area contributed by atoms with E-state index < -0.39 is 5.97 Å². The molecule has 100 valence electrons. The molecule has 0 radical (unpaired) electrons. The lowest BCUT2D eigenvalue weighted by molar-refractivity contribution is 0.0694. The highest BCUT2D eigenvalue weighted by molar-refractivity contribution is 6.32. The van der Waals surface area contributed by atoms with Crippen molar-refractivity contribution in [1.29, 1.82) is 5.26 Å². The molecule has 2 rings (SSSR count). The number of halogens is 2. The predicted octanol–water partition coefficient (Wildman–Crippen LogP) is 4.36. The van der Waals surface area contributed by atoms with Crippen molar-refractivity contribution in [2.45, 2.75) is 0 Å². The number of benzene rings is 2. The molecule has 2 aromatic carbocycles. The van der Waals surface area contributed by atoms with E-state index in [-0.39, 0.29) is 32.7 Å². The molecule has 0 saturated heterocycles. The molecule has 1 N–H and O–H groups in total. The van der Waals surface area contributed by atoms with E-state index in [0.717, 1.165) is 0 Å². The van der Waals surface area contributed by atoms with Crippen LogP contribution in [0.3, 0.4) is 0 Å². The summed E-state index contributed by atoms with van der Waals surface area (Å²) in [5.74, 6) is -0.909. The Morgan fingerprint density at radius 2 is 1.95 bits per heavy atom. The largest absolute Gasteiger partial charge is 0.478 e. The molecule has 0 aliphatic heterocycles. The Labute approximate surface area is 124 Å². The van der Waals surface area contributed by atoms with Crippen LogP contribution in [0.4, 0.5) is 0 Å². The van der Waals surface area contributed by atoms with E-state index in [1.807, 2.05) is 6.07 Å². The van der Waals surface area contributed by atoms with E-state index in [2.05, 4.69) is 0 Å². The van der Waals surface area contributed by atoms with E-state index in [9.17, 15) is 4.79 Å². The van der Waals surface area contributed by atoms with Gasteiger partial charge in [-0.25, -0.2) is 4.79 Å². The zero-order valence-electron chi connectivity index (χ0n) is 9.93. The summed E-state index contributed by atoms with van der Waals surface area (Å²) in [6.07, 6.45) is 0. The molecule has 4 nitrogen and oxygen atoms in total. The minimum Gasteiger partial charge on any atom is -0.478 e. The number of nitrogens with zero attached hydrogens (tertiary/aromatic N) is 1. The van der Waals surface area contributed by atoms with Gasteiger partial charge in [-0.3, -0.25) is 0 Å². The summed E-state index contributed by atoms with van der Waals surface area (Å²) >= 11 is 11.6. The van der Waals surface area contributed by atoms with Crippen molar-refractivity contribution in [2.75, 3.05) is 0 Å². The van der Waals surface area contributed by atoms with Gasteiger partial charge in [0.2, 0.25) is 0 Å². The molecule has 0 heterocycles. The van der Waals surface area contributed by atoms with Gasteiger partial charge in [0, 0.05) is 5.02 Å². The number of hydrogen-bond donors (Lipinski definition) is 1. The second kappa shape index (κ2) is 5.83. The number of hydrogen-bond acceptors (Lipinski definition) is 3. The quantitative estimate of drug-likeness (QED) is 0.914. The topological polar surface area (TPSA) is 70.3 Å². The maximum absolute atomic E-state index is 11.2. The van der Waals surface area contributed by atoms with Crippen molar-refractivity contribution in [2.24, 2.45) is 0 Å². The van der Waals surface area contributed by atoms with Gasteiger partial charge >= 0.3 is 5.97 Å². The Hall–Kier alpha value is -2.22. The van der Waals surface area contributed by atoms with Crippen LogP contribution in [0.25, 0.3) is 0 Å². The first kappa shape index (κ1) is 14.2. The van der Waals surface area contributed by atoms with Gasteiger partial charge in [-0.15, -0.1) is 0 Å². The van der Waals surface area contributed by atoms with Crippen LogP contribution in [0, 0.1) is 11.3 Å². The monoisotopic (exact) mass is 307 g/mol. The molecule has 0 fully saturated rings. The normalized spacial score (nSPS) is 9.85. The van der Waals surface area contributed by atoms with E-state index in [1.165, 1.54) is 24.3 Å². The molecule has 0 aromatic heterocycles. The Morgan fingerprint density at radius 3 is 2.60 bits per heavy atom. The van der Waals surface area contributed by atoms with Crippen molar-refractivity contribution in [3.8, 4) is 17.6 Å². The smallest absolute Gasteiger partial charge is 0.339 e. The van der Waals surface area contributed by atoms with E-state index >= 15 is 0 Å². The first-order valence-electron chi connectivity index (χ1n) is 5.42. The third kappa shape index (κ3) is 2.85. The van der Waals surface area contributed by atoms with Gasteiger partial charge in [-0.05, 0) is 30.3 Å². The Bertz CT molecular complexity index is 723. The summed E-state index contributed by atoms with van der Waals surface area (Å²) in [4.78, 5) is 11.2. The SMILES string of the molecule is N#Cc1c(Cl)cccc1Oc1ccc(Cl)cc1C(=O)O. The molecule has 0 spiro atoms. The maximum Gasteiger partial charge on any atom is 0.339 e. The van der Waals surface area contributed by atoms with Crippen LogP contribution >= 0.6 is 23.2 Å². The summed E-state index contributed by atoms with van der Waals surface area (Å²) in [7, 11) is 0. The molecule has 6 heteroatoms. The molecule has 0 saturated carbocycles. The second-order valence-corrected chi connectivity index (χ2v) is 4.62. The molecule has 0 aliphatic carbocycles. The molecule has 0 amide bonds. The van der Waals surface area contributed by atoms with Crippen molar-refractivity contribution < 1.29 is 14.6 Å². The molecule has 0 aliphatic rings. The Balaban J connectivity index is 2.49. The molecule has 0 unspecified atom stereocenters. The molecule has 0 bridgehead atoms. The summed E-state index contributed by atoms with van der Waals surface area (Å²) in [6, 6.07) is 10.8. The van der Waals surface area contributed by atoms with Crippen LogP contribution in [-0.2, 0) is 0 Å². The third-order valence-electron chi connectivity index (χ3n) is 2.48. The number of ether oxygens (including phenoxy) is 1. The lowest BCUT2D eigenvalue weighted by Crippen LogP contribution is -2.00. The summed E-state index contributed by atoms with van der Waals surface area (Å²) in [6.45, 7) is 0. The predicted molar refractivity (Wildman–Crippen MR) is 74.7 cm³/mol. The highest BCUT2D eigenvalue weighted by atomic mass is 35.5. The number of rotatable bonds is 3. The van der Waals surface area contributed by atoms with Gasteiger partial charge in [-0.2, -0.15) is 5.26 Å². The fourth-order valence-electron chi connectivity index (χ4n) is 1.57. The number of carboxylic acid groups (broad SMARTS) is 1. The Kier molecular flexibility index (Phi) is 4.14. The van der Waals surface area contributed by atoms with E-state index in [0.29, 0.717) is 0 Å². The van der Waals surface area contributed by atoms with Crippen molar-refractivity contribution >= 4 is 29.2 Å². The minimum atomic E-state index is -1.18. The molecule has 0 atom stereocenters. The van der Waals surface area contributed by atoms with E-state index in [1.54, 1.807) is 12.1 Å². The fourth-order valence-corrected chi connectivity index (χ4v) is 1.95. The average molecular weight is 308 g/mol. The van der Waals surface area contributed by atoms with Crippen molar-refractivity contribution in [3.63, 3.8) is 0 Å². The molecular weight excluding hydrogens is 301 g/mol. The molecular formula is C14H7Cl2NO3. The Morgan fingerprint density at radius 1 is 1.20 bits per heavy atom. The van der Waals surface area contributed by atoms with Crippen molar-refractivity contribution in [1.82, 2.24) is 0 Å². The average Bonchev–Trinajstić information content (AvgIpc) is 2.41. The number of carbonyl (C=O) groups is 1. The number of carboxylic acids is 1. The standard InChI is InChI=1S/C14H7Cl2NO3/c15-8-4-5-13(9(6-8)14(18)19)20-12-3-1-2-11(16)10(12)7-17/h1-6H,(H,18,19). The molecule has 2 aromatic rings. The molecule has 20 heavy (non-hydrogen) atoms. The van der Waals surface area contributed by atoms with E-state index in [4.69, 9.17) is 38.3 Å². The van der Waals surface area contributed by atoms with Crippen LogP contribution in [0.5, 0.6) is 11.5 Å². The first-order chi connectivity index (χ1) is 9.52. The zero-order valence-corrected chi connectivity index (χ0v) is 11.4. The second-order valence-electron chi connectivity index (χ2n) is 3.77. The number of nitriles is 1. The third-order valence-corrected chi connectivity index (χ3v) is 3.03. The number of aromatic carboxylic acids is 1.